The lowest BCUT2D eigenvalue weighted by Crippen LogP contribution is -3.15. The lowest BCUT2D eigenvalue weighted by Gasteiger charge is -2.31. The summed E-state index contributed by atoms with van der Waals surface area (Å²) in [5, 5.41) is 4.82. The molecule has 4 nitrogen and oxygen atoms in total. The van der Waals surface area contributed by atoms with E-state index in [-0.39, 0.29) is 11.6 Å². The van der Waals surface area contributed by atoms with Gasteiger partial charge in [0.25, 0.3) is 5.91 Å². The molecule has 0 bridgehead atoms. The summed E-state index contributed by atoms with van der Waals surface area (Å²) in [5.74, 6) is -1.98. The Kier molecular flexibility index (Phi) is 5.55. The van der Waals surface area contributed by atoms with Gasteiger partial charge in [-0.3, -0.25) is 4.79 Å². The van der Waals surface area contributed by atoms with Crippen molar-refractivity contribution < 1.29 is 23.2 Å². The van der Waals surface area contributed by atoms with Crippen LogP contribution < -0.4 is 10.2 Å². The highest BCUT2D eigenvalue weighted by Crippen LogP contribution is 2.16. The number of halogens is 2. The third-order valence-corrected chi connectivity index (χ3v) is 5.09. The maximum atomic E-state index is 13.3. The van der Waals surface area contributed by atoms with Crippen LogP contribution in [0.4, 0.5) is 8.78 Å². The monoisotopic (exact) mass is 353 g/mol. The van der Waals surface area contributed by atoms with Crippen LogP contribution in [0.25, 0.3) is 0 Å². The molecule has 2 aromatic rings. The van der Waals surface area contributed by atoms with Gasteiger partial charge >= 0.3 is 0 Å². The first-order valence-electron chi connectivity index (χ1n) is 7.83. The van der Waals surface area contributed by atoms with Crippen LogP contribution >= 0.6 is 11.3 Å². The fourth-order valence-corrected chi connectivity index (χ4v) is 3.79. The standard InChI is InChI=1S/C17H18F2N2O2S/c18-13-8-12(9-14(19)10-13)17(22)20-11-15(16-2-1-7-24-16)21-3-5-23-6-4-21/h1-2,7-10,15H,3-6,11H2,(H,20,22)/p+1/t15-/m0/s1. The van der Waals surface area contributed by atoms with Crippen molar-refractivity contribution in [1.82, 2.24) is 5.32 Å². The number of ether oxygens (including phenoxy) is 1. The molecule has 1 amide bonds. The Labute approximate surface area is 143 Å². The van der Waals surface area contributed by atoms with Gasteiger partial charge in [-0.05, 0) is 23.6 Å². The van der Waals surface area contributed by atoms with Crippen molar-refractivity contribution in [3.05, 3.63) is 57.8 Å². The highest BCUT2D eigenvalue weighted by atomic mass is 32.1. The number of amides is 1. The molecule has 0 unspecified atom stereocenters. The summed E-state index contributed by atoms with van der Waals surface area (Å²) in [6.45, 7) is 3.54. The summed E-state index contributed by atoms with van der Waals surface area (Å²) < 4.78 is 31.9. The number of benzene rings is 1. The maximum absolute atomic E-state index is 13.3. The Bertz CT molecular complexity index is 668. The first kappa shape index (κ1) is 17.0. The topological polar surface area (TPSA) is 42.8 Å². The minimum atomic E-state index is -0.756. The zero-order chi connectivity index (χ0) is 16.9. The average Bonchev–Trinajstić information content (AvgIpc) is 3.09. The zero-order valence-electron chi connectivity index (χ0n) is 13.1. The second-order valence-electron chi connectivity index (χ2n) is 5.71. The van der Waals surface area contributed by atoms with Crippen molar-refractivity contribution >= 4 is 17.2 Å². The number of hydrogen-bond acceptors (Lipinski definition) is 3. The summed E-state index contributed by atoms with van der Waals surface area (Å²) in [6.07, 6.45) is 0. The normalized spacial score (nSPS) is 16.8. The van der Waals surface area contributed by atoms with E-state index in [1.165, 1.54) is 9.78 Å². The third kappa shape index (κ3) is 4.17. The van der Waals surface area contributed by atoms with E-state index in [2.05, 4.69) is 5.32 Å². The molecule has 2 N–H and O–H groups in total. The molecule has 0 radical (unpaired) electrons. The highest BCUT2D eigenvalue weighted by molar-refractivity contribution is 7.10. The molecular formula is C17H19F2N2O2S+. The van der Waals surface area contributed by atoms with Crippen molar-refractivity contribution in [3.8, 4) is 0 Å². The predicted molar refractivity (Wildman–Crippen MR) is 87.3 cm³/mol. The molecule has 7 heteroatoms. The Morgan fingerprint density at radius 2 is 1.96 bits per heavy atom. The maximum Gasteiger partial charge on any atom is 0.251 e. The van der Waals surface area contributed by atoms with Crippen LogP contribution in [0, 0.1) is 11.6 Å². The summed E-state index contributed by atoms with van der Waals surface area (Å²) in [7, 11) is 0. The van der Waals surface area contributed by atoms with E-state index < -0.39 is 17.5 Å². The summed E-state index contributed by atoms with van der Waals surface area (Å²) in [4.78, 5) is 14.8. The zero-order valence-corrected chi connectivity index (χ0v) is 13.9. The van der Waals surface area contributed by atoms with Crippen LogP contribution in [-0.4, -0.2) is 38.8 Å². The van der Waals surface area contributed by atoms with E-state index in [9.17, 15) is 13.6 Å². The van der Waals surface area contributed by atoms with E-state index in [0.29, 0.717) is 19.8 Å². The second-order valence-corrected chi connectivity index (χ2v) is 6.69. The number of carbonyl (C=O) groups is 1. The largest absolute Gasteiger partial charge is 0.370 e. The second kappa shape index (κ2) is 7.83. The van der Waals surface area contributed by atoms with Gasteiger partial charge in [-0.2, -0.15) is 0 Å². The molecule has 2 heterocycles. The number of rotatable bonds is 5. The van der Waals surface area contributed by atoms with Crippen LogP contribution in [0.5, 0.6) is 0 Å². The van der Waals surface area contributed by atoms with Gasteiger partial charge in [-0.1, -0.05) is 6.07 Å². The molecule has 24 heavy (non-hydrogen) atoms. The Morgan fingerprint density at radius 3 is 2.58 bits per heavy atom. The molecule has 1 aliphatic rings. The number of hydrogen-bond donors (Lipinski definition) is 2. The van der Waals surface area contributed by atoms with Gasteiger partial charge in [0.2, 0.25) is 0 Å². The molecule has 1 aliphatic heterocycles. The van der Waals surface area contributed by atoms with Crippen LogP contribution in [-0.2, 0) is 4.74 Å². The molecule has 1 saturated heterocycles. The molecule has 3 rings (SSSR count). The Morgan fingerprint density at radius 1 is 1.25 bits per heavy atom. The lowest BCUT2D eigenvalue weighted by molar-refractivity contribution is -0.937. The lowest BCUT2D eigenvalue weighted by atomic mass is 10.1. The first-order chi connectivity index (χ1) is 11.6. The smallest absolute Gasteiger partial charge is 0.251 e. The van der Waals surface area contributed by atoms with Crippen molar-refractivity contribution in [1.29, 1.82) is 0 Å². The van der Waals surface area contributed by atoms with Crippen LogP contribution in [0.3, 0.4) is 0 Å². The van der Waals surface area contributed by atoms with Crippen molar-refractivity contribution in [2.24, 2.45) is 0 Å². The molecule has 1 fully saturated rings. The predicted octanol–water partition coefficient (Wildman–Crippen LogP) is 1.41. The SMILES string of the molecule is O=C(NC[C@@H](c1cccs1)[NH+]1CCOCC1)c1cc(F)cc(F)c1. The van der Waals surface area contributed by atoms with Gasteiger partial charge in [0.15, 0.2) is 0 Å². The molecule has 1 aromatic carbocycles. The first-order valence-corrected chi connectivity index (χ1v) is 8.71. The Balaban J connectivity index is 1.69. The van der Waals surface area contributed by atoms with E-state index >= 15 is 0 Å². The number of morpholine rings is 1. The number of carbonyl (C=O) groups excluding carboxylic acids is 1. The van der Waals surface area contributed by atoms with Crippen LogP contribution in [0.15, 0.2) is 35.7 Å². The molecular weight excluding hydrogens is 334 g/mol. The summed E-state index contributed by atoms with van der Waals surface area (Å²) >= 11 is 1.64. The minimum absolute atomic E-state index is 0.00518. The fourth-order valence-electron chi connectivity index (χ4n) is 2.90. The molecule has 0 saturated carbocycles. The quantitative estimate of drug-likeness (QED) is 0.854. The average molecular weight is 353 g/mol. The molecule has 128 valence electrons. The van der Waals surface area contributed by atoms with Crippen LogP contribution in [0.1, 0.15) is 21.3 Å². The van der Waals surface area contributed by atoms with Crippen molar-refractivity contribution in [3.63, 3.8) is 0 Å². The van der Waals surface area contributed by atoms with Crippen LogP contribution in [0.2, 0.25) is 0 Å². The molecule has 1 atom stereocenters. The van der Waals surface area contributed by atoms with Gasteiger partial charge in [0.05, 0.1) is 24.6 Å². The molecule has 0 spiro atoms. The van der Waals surface area contributed by atoms with E-state index in [0.717, 1.165) is 31.3 Å². The Hall–Kier alpha value is -1.83. The summed E-state index contributed by atoms with van der Waals surface area (Å²) in [5.41, 5.74) is -0.00518. The van der Waals surface area contributed by atoms with E-state index in [4.69, 9.17) is 4.74 Å². The fraction of sp³-hybridized carbons (Fsp3) is 0.353. The minimum Gasteiger partial charge on any atom is -0.370 e. The van der Waals surface area contributed by atoms with Gasteiger partial charge in [-0.15, -0.1) is 11.3 Å². The van der Waals surface area contributed by atoms with Gasteiger partial charge < -0.3 is 15.0 Å². The highest BCUT2D eigenvalue weighted by Gasteiger charge is 2.27. The van der Waals surface area contributed by atoms with Gasteiger partial charge in [0.1, 0.15) is 30.8 Å². The van der Waals surface area contributed by atoms with Crippen molar-refractivity contribution in [2.45, 2.75) is 6.04 Å². The van der Waals surface area contributed by atoms with E-state index in [1.807, 2.05) is 17.5 Å². The summed E-state index contributed by atoms with van der Waals surface area (Å²) in [6, 6.07) is 6.97. The third-order valence-electron chi connectivity index (χ3n) is 4.11. The molecule has 1 aromatic heterocycles. The molecule has 0 aliphatic carbocycles. The number of quaternary nitrogens is 1. The van der Waals surface area contributed by atoms with Gasteiger partial charge in [-0.25, -0.2) is 8.78 Å². The van der Waals surface area contributed by atoms with Gasteiger partial charge in [0, 0.05) is 11.6 Å². The van der Waals surface area contributed by atoms with Crippen molar-refractivity contribution in [2.75, 3.05) is 32.8 Å². The number of thiophene rings is 1. The van der Waals surface area contributed by atoms with E-state index in [1.54, 1.807) is 11.3 Å². The number of nitrogens with one attached hydrogen (secondary N) is 2.